The van der Waals surface area contributed by atoms with Crippen LogP contribution in [0.5, 0.6) is 0 Å². The van der Waals surface area contributed by atoms with E-state index in [0.29, 0.717) is 6.04 Å². The molecule has 22 heavy (non-hydrogen) atoms. The van der Waals surface area contributed by atoms with Crippen LogP contribution in [0.4, 0.5) is 10.5 Å². The Balaban J connectivity index is 1.62. The fourth-order valence-corrected chi connectivity index (χ4v) is 2.78. The zero-order valence-electron chi connectivity index (χ0n) is 12.6. The molecule has 3 rings (SSSR count). The summed E-state index contributed by atoms with van der Waals surface area (Å²) in [4.78, 5) is 12.0. The lowest BCUT2D eigenvalue weighted by Crippen LogP contribution is -2.36. The number of hydrogen-bond donors (Lipinski definition) is 2. The predicted molar refractivity (Wildman–Crippen MR) is 86.6 cm³/mol. The minimum atomic E-state index is -0.377. The highest BCUT2D eigenvalue weighted by atomic mass is 16.5. The molecular weight excluding hydrogens is 276 g/mol. The van der Waals surface area contributed by atoms with E-state index in [4.69, 9.17) is 4.74 Å². The van der Waals surface area contributed by atoms with Crippen LogP contribution < -0.4 is 10.6 Å². The van der Waals surface area contributed by atoms with Crippen molar-refractivity contribution in [3.05, 3.63) is 65.7 Å². The summed E-state index contributed by atoms with van der Waals surface area (Å²) in [5.74, 6) is 0. The monoisotopic (exact) mass is 296 g/mol. The molecule has 0 spiro atoms. The van der Waals surface area contributed by atoms with E-state index in [1.54, 1.807) is 0 Å². The van der Waals surface area contributed by atoms with Crippen molar-refractivity contribution < 1.29 is 9.53 Å². The largest absolute Gasteiger partial charge is 0.445 e. The number of carbonyl (C=O) groups is 1. The van der Waals surface area contributed by atoms with E-state index in [1.165, 1.54) is 0 Å². The number of benzene rings is 2. The number of hydrogen-bond acceptors (Lipinski definition) is 3. The van der Waals surface area contributed by atoms with E-state index < -0.39 is 0 Å². The quantitative estimate of drug-likeness (QED) is 0.904. The van der Waals surface area contributed by atoms with Crippen LogP contribution in [0.15, 0.2) is 54.6 Å². The lowest BCUT2D eigenvalue weighted by atomic mass is 9.94. The molecular formula is C18H20N2O2. The molecule has 0 fully saturated rings. The van der Waals surface area contributed by atoms with Gasteiger partial charge in [-0.05, 0) is 30.5 Å². The zero-order chi connectivity index (χ0) is 15.4. The van der Waals surface area contributed by atoms with Gasteiger partial charge in [-0.3, -0.25) is 0 Å². The standard InChI is InChI=1S/C18H20N2O2/c1-13-11-17(15-9-5-6-10-16(15)19-13)20-18(21)22-12-14-7-3-2-4-8-14/h2-10,13,17,19H,11-12H2,1H3,(H,20,21)/t13-,17+/m1/s1. The summed E-state index contributed by atoms with van der Waals surface area (Å²) in [6, 6.07) is 18.0. The first-order valence-corrected chi connectivity index (χ1v) is 7.55. The van der Waals surface area contributed by atoms with Crippen LogP contribution in [-0.4, -0.2) is 12.1 Å². The zero-order valence-corrected chi connectivity index (χ0v) is 12.6. The van der Waals surface area contributed by atoms with Crippen LogP contribution in [-0.2, 0) is 11.3 Å². The van der Waals surface area contributed by atoms with Crippen molar-refractivity contribution in [1.82, 2.24) is 5.32 Å². The van der Waals surface area contributed by atoms with E-state index in [1.807, 2.05) is 54.6 Å². The maximum atomic E-state index is 12.0. The van der Waals surface area contributed by atoms with Crippen molar-refractivity contribution in [1.29, 1.82) is 0 Å². The summed E-state index contributed by atoms with van der Waals surface area (Å²) in [5, 5.41) is 6.40. The highest BCUT2D eigenvalue weighted by Crippen LogP contribution is 2.32. The first kappa shape index (κ1) is 14.4. The van der Waals surface area contributed by atoms with Crippen molar-refractivity contribution in [2.24, 2.45) is 0 Å². The SMILES string of the molecule is C[C@@H]1C[C@H](NC(=O)OCc2ccccc2)c2ccccc2N1. The third-order valence-electron chi connectivity index (χ3n) is 3.83. The van der Waals surface area contributed by atoms with Crippen LogP contribution in [0.3, 0.4) is 0 Å². The van der Waals surface area contributed by atoms with E-state index in [9.17, 15) is 4.79 Å². The average molecular weight is 296 g/mol. The molecule has 0 bridgehead atoms. The Kier molecular flexibility index (Phi) is 4.28. The number of fused-ring (bicyclic) bond motifs is 1. The molecule has 1 heterocycles. The van der Waals surface area contributed by atoms with Crippen LogP contribution >= 0.6 is 0 Å². The summed E-state index contributed by atoms with van der Waals surface area (Å²) >= 11 is 0. The second kappa shape index (κ2) is 6.52. The number of alkyl carbamates (subject to hydrolysis) is 1. The van der Waals surface area contributed by atoms with Gasteiger partial charge in [0, 0.05) is 11.7 Å². The molecule has 114 valence electrons. The van der Waals surface area contributed by atoms with Gasteiger partial charge in [-0.1, -0.05) is 48.5 Å². The van der Waals surface area contributed by atoms with Gasteiger partial charge in [0.05, 0.1) is 6.04 Å². The number of para-hydroxylation sites is 1. The topological polar surface area (TPSA) is 50.4 Å². The summed E-state index contributed by atoms with van der Waals surface area (Å²) in [5.41, 5.74) is 3.17. The Bertz CT molecular complexity index is 643. The van der Waals surface area contributed by atoms with Gasteiger partial charge in [-0.15, -0.1) is 0 Å². The minimum absolute atomic E-state index is 0.0178. The van der Waals surface area contributed by atoms with Gasteiger partial charge in [-0.2, -0.15) is 0 Å². The summed E-state index contributed by atoms with van der Waals surface area (Å²) in [6.07, 6.45) is 0.468. The molecule has 2 aromatic carbocycles. The normalized spacial score (nSPS) is 19.7. The van der Waals surface area contributed by atoms with Crippen molar-refractivity contribution in [3.63, 3.8) is 0 Å². The molecule has 0 aromatic heterocycles. The highest BCUT2D eigenvalue weighted by Gasteiger charge is 2.25. The molecule has 2 atom stereocenters. The van der Waals surface area contributed by atoms with Crippen molar-refractivity contribution >= 4 is 11.8 Å². The fourth-order valence-electron chi connectivity index (χ4n) is 2.78. The average Bonchev–Trinajstić information content (AvgIpc) is 2.54. The van der Waals surface area contributed by atoms with Gasteiger partial charge in [-0.25, -0.2) is 4.79 Å². The summed E-state index contributed by atoms with van der Waals surface area (Å²) < 4.78 is 5.31. The lowest BCUT2D eigenvalue weighted by molar-refractivity contribution is 0.134. The number of rotatable bonds is 3. The maximum Gasteiger partial charge on any atom is 0.407 e. The molecule has 4 nitrogen and oxygen atoms in total. The molecule has 4 heteroatoms. The molecule has 0 aliphatic carbocycles. The smallest absolute Gasteiger partial charge is 0.407 e. The van der Waals surface area contributed by atoms with Crippen LogP contribution in [0.2, 0.25) is 0 Å². The lowest BCUT2D eigenvalue weighted by Gasteiger charge is -2.31. The van der Waals surface area contributed by atoms with Crippen molar-refractivity contribution in [2.45, 2.75) is 32.0 Å². The van der Waals surface area contributed by atoms with E-state index in [0.717, 1.165) is 23.2 Å². The van der Waals surface area contributed by atoms with Gasteiger partial charge in [0.15, 0.2) is 0 Å². The molecule has 0 saturated carbocycles. The van der Waals surface area contributed by atoms with Gasteiger partial charge in [0.2, 0.25) is 0 Å². The molecule has 0 saturated heterocycles. The molecule has 0 radical (unpaired) electrons. The molecule has 1 aliphatic heterocycles. The second-order valence-corrected chi connectivity index (χ2v) is 5.63. The second-order valence-electron chi connectivity index (χ2n) is 5.63. The predicted octanol–water partition coefficient (Wildman–Crippen LogP) is 3.86. The van der Waals surface area contributed by atoms with Gasteiger partial charge in [0.1, 0.15) is 6.61 Å². The van der Waals surface area contributed by atoms with E-state index in [2.05, 4.69) is 17.6 Å². The Morgan fingerprint density at radius 2 is 1.91 bits per heavy atom. The summed E-state index contributed by atoms with van der Waals surface area (Å²) in [6.45, 7) is 2.40. The van der Waals surface area contributed by atoms with Crippen molar-refractivity contribution in [2.75, 3.05) is 5.32 Å². The number of nitrogens with one attached hydrogen (secondary N) is 2. The van der Waals surface area contributed by atoms with Crippen LogP contribution in [0, 0.1) is 0 Å². The van der Waals surface area contributed by atoms with Crippen LogP contribution in [0.1, 0.15) is 30.5 Å². The molecule has 2 N–H and O–H groups in total. The fraction of sp³-hybridized carbons (Fsp3) is 0.278. The third kappa shape index (κ3) is 3.39. The van der Waals surface area contributed by atoms with E-state index >= 15 is 0 Å². The minimum Gasteiger partial charge on any atom is -0.445 e. The summed E-state index contributed by atoms with van der Waals surface area (Å²) in [7, 11) is 0. The van der Waals surface area contributed by atoms with E-state index in [-0.39, 0.29) is 18.7 Å². The Hall–Kier alpha value is -2.49. The highest BCUT2D eigenvalue weighted by molar-refractivity contribution is 5.69. The molecule has 1 aliphatic rings. The first-order valence-electron chi connectivity index (χ1n) is 7.55. The number of ether oxygens (including phenoxy) is 1. The maximum absolute atomic E-state index is 12.0. The number of carbonyl (C=O) groups excluding carboxylic acids is 1. The van der Waals surface area contributed by atoms with Crippen LogP contribution in [0.25, 0.3) is 0 Å². The first-order chi connectivity index (χ1) is 10.7. The van der Waals surface area contributed by atoms with Gasteiger partial charge < -0.3 is 15.4 Å². The molecule has 1 amide bonds. The third-order valence-corrected chi connectivity index (χ3v) is 3.83. The Labute approximate surface area is 130 Å². The van der Waals surface area contributed by atoms with Gasteiger partial charge >= 0.3 is 6.09 Å². The molecule has 0 unspecified atom stereocenters. The van der Waals surface area contributed by atoms with Gasteiger partial charge in [0.25, 0.3) is 0 Å². The Morgan fingerprint density at radius 3 is 2.73 bits per heavy atom. The molecule has 2 aromatic rings. The number of amides is 1. The van der Waals surface area contributed by atoms with Crippen molar-refractivity contribution in [3.8, 4) is 0 Å². The number of anilines is 1. The Morgan fingerprint density at radius 1 is 1.18 bits per heavy atom.